The SMILES string of the molecule is C=CCn1cc(/C=C(\C#N)C(=O)Nn2c(C)ccc2C)c2ccccc21. The lowest BCUT2D eigenvalue weighted by Crippen LogP contribution is -2.25. The number of aryl methyl sites for hydroxylation is 2. The van der Waals surface area contributed by atoms with Crippen LogP contribution < -0.4 is 5.43 Å². The number of fused-ring (bicyclic) bond motifs is 1. The molecule has 5 nitrogen and oxygen atoms in total. The van der Waals surface area contributed by atoms with Crippen LogP contribution in [0, 0.1) is 25.2 Å². The summed E-state index contributed by atoms with van der Waals surface area (Å²) in [6.07, 6.45) is 5.38. The average molecular weight is 344 g/mol. The van der Waals surface area contributed by atoms with Crippen LogP contribution in [0.25, 0.3) is 17.0 Å². The number of benzene rings is 1. The molecule has 3 aromatic rings. The lowest BCUT2D eigenvalue weighted by atomic mass is 10.1. The third-order valence-corrected chi connectivity index (χ3v) is 4.29. The molecular formula is C21H20N4O. The third kappa shape index (κ3) is 3.17. The van der Waals surface area contributed by atoms with Crippen LogP contribution in [0.3, 0.4) is 0 Å². The number of hydrogen-bond acceptors (Lipinski definition) is 2. The van der Waals surface area contributed by atoms with Crippen LogP contribution in [0.1, 0.15) is 17.0 Å². The maximum Gasteiger partial charge on any atom is 0.280 e. The van der Waals surface area contributed by atoms with E-state index in [1.807, 2.05) is 73.2 Å². The van der Waals surface area contributed by atoms with E-state index in [9.17, 15) is 10.1 Å². The zero-order chi connectivity index (χ0) is 18.7. The van der Waals surface area contributed by atoms with Gasteiger partial charge >= 0.3 is 0 Å². The first-order chi connectivity index (χ1) is 12.5. The van der Waals surface area contributed by atoms with E-state index in [-0.39, 0.29) is 5.57 Å². The van der Waals surface area contributed by atoms with Crippen LogP contribution in [0.4, 0.5) is 0 Å². The fourth-order valence-corrected chi connectivity index (χ4v) is 2.99. The van der Waals surface area contributed by atoms with Gasteiger partial charge in [0.05, 0.1) is 0 Å². The minimum atomic E-state index is -0.435. The van der Waals surface area contributed by atoms with E-state index in [1.54, 1.807) is 10.8 Å². The number of hydrogen-bond donors (Lipinski definition) is 1. The van der Waals surface area contributed by atoms with Crippen LogP contribution in [0.15, 0.2) is 60.8 Å². The van der Waals surface area contributed by atoms with E-state index in [2.05, 4.69) is 12.0 Å². The number of rotatable bonds is 5. The van der Waals surface area contributed by atoms with E-state index in [0.29, 0.717) is 6.54 Å². The zero-order valence-electron chi connectivity index (χ0n) is 14.9. The Labute approximate surface area is 152 Å². The molecule has 0 aliphatic heterocycles. The summed E-state index contributed by atoms with van der Waals surface area (Å²) in [6, 6.07) is 13.7. The van der Waals surface area contributed by atoms with Gasteiger partial charge in [0.1, 0.15) is 11.6 Å². The van der Waals surface area contributed by atoms with Gasteiger partial charge in [0.2, 0.25) is 0 Å². The normalized spacial score (nSPS) is 11.3. The molecule has 0 aliphatic rings. The Morgan fingerprint density at radius 3 is 2.58 bits per heavy atom. The van der Waals surface area contributed by atoms with Crippen LogP contribution >= 0.6 is 0 Å². The van der Waals surface area contributed by atoms with Crippen LogP contribution in [0.5, 0.6) is 0 Å². The maximum absolute atomic E-state index is 12.6. The molecule has 0 fully saturated rings. The Kier molecular flexibility index (Phi) is 4.76. The molecule has 1 aromatic carbocycles. The van der Waals surface area contributed by atoms with Crippen molar-refractivity contribution >= 4 is 22.9 Å². The fourth-order valence-electron chi connectivity index (χ4n) is 2.99. The number of nitriles is 1. The van der Waals surface area contributed by atoms with Crippen LogP contribution in [-0.4, -0.2) is 15.2 Å². The molecule has 0 spiro atoms. The molecule has 0 unspecified atom stereocenters. The Morgan fingerprint density at radius 1 is 1.23 bits per heavy atom. The van der Waals surface area contributed by atoms with Crippen molar-refractivity contribution in [1.82, 2.24) is 9.24 Å². The lowest BCUT2D eigenvalue weighted by molar-refractivity contribution is -0.113. The molecule has 0 radical (unpaired) electrons. The summed E-state index contributed by atoms with van der Waals surface area (Å²) >= 11 is 0. The standard InChI is InChI=1S/C21H20N4O/c1-4-11-24-14-18(19-7-5-6-8-20(19)24)12-17(13-22)21(26)23-25-15(2)9-10-16(25)3/h4-10,12,14H,1,11H2,2-3H3,(H,23,26)/b17-12+. The molecule has 0 atom stereocenters. The molecular weight excluding hydrogens is 324 g/mol. The molecule has 0 aliphatic carbocycles. The number of amides is 1. The van der Waals surface area contributed by atoms with Crippen molar-refractivity contribution in [1.29, 1.82) is 5.26 Å². The minimum absolute atomic E-state index is 0.0546. The molecule has 26 heavy (non-hydrogen) atoms. The van der Waals surface area contributed by atoms with Crippen molar-refractivity contribution in [3.8, 4) is 6.07 Å². The molecule has 5 heteroatoms. The van der Waals surface area contributed by atoms with Crippen molar-refractivity contribution < 1.29 is 4.79 Å². The number of carbonyl (C=O) groups excluding carboxylic acids is 1. The Hall–Kier alpha value is -3.52. The summed E-state index contributed by atoms with van der Waals surface area (Å²) in [6.45, 7) is 8.23. The maximum atomic E-state index is 12.6. The number of para-hydroxylation sites is 1. The van der Waals surface area contributed by atoms with Crippen molar-refractivity contribution in [3.05, 3.63) is 77.8 Å². The van der Waals surface area contributed by atoms with Gasteiger partial charge in [-0.3, -0.25) is 14.9 Å². The first-order valence-corrected chi connectivity index (χ1v) is 8.32. The largest absolute Gasteiger partial charge is 0.343 e. The molecule has 3 rings (SSSR count). The Balaban J connectivity index is 1.99. The molecule has 130 valence electrons. The smallest absolute Gasteiger partial charge is 0.280 e. The van der Waals surface area contributed by atoms with Crippen molar-refractivity contribution in [3.63, 3.8) is 0 Å². The predicted molar refractivity (Wildman–Crippen MR) is 104 cm³/mol. The van der Waals surface area contributed by atoms with Gasteiger partial charge < -0.3 is 4.57 Å². The van der Waals surface area contributed by atoms with Gasteiger partial charge in [-0.25, -0.2) is 0 Å². The van der Waals surface area contributed by atoms with E-state index in [1.165, 1.54) is 0 Å². The molecule has 2 aromatic heterocycles. The molecule has 2 heterocycles. The topological polar surface area (TPSA) is 62.8 Å². The highest BCUT2D eigenvalue weighted by molar-refractivity contribution is 6.08. The van der Waals surface area contributed by atoms with Gasteiger partial charge in [-0.1, -0.05) is 24.3 Å². The second-order valence-corrected chi connectivity index (χ2v) is 6.10. The molecule has 0 saturated heterocycles. The highest BCUT2D eigenvalue weighted by Gasteiger charge is 2.13. The van der Waals surface area contributed by atoms with Gasteiger partial charge in [0, 0.05) is 40.6 Å². The van der Waals surface area contributed by atoms with Gasteiger partial charge in [0.15, 0.2) is 0 Å². The Bertz CT molecular complexity index is 1040. The summed E-state index contributed by atoms with van der Waals surface area (Å²) in [4.78, 5) is 12.6. The fraction of sp³-hybridized carbons (Fsp3) is 0.143. The summed E-state index contributed by atoms with van der Waals surface area (Å²) < 4.78 is 3.72. The summed E-state index contributed by atoms with van der Waals surface area (Å²) in [5.74, 6) is -0.435. The molecule has 0 saturated carbocycles. The number of carbonyl (C=O) groups is 1. The number of aromatic nitrogens is 2. The zero-order valence-corrected chi connectivity index (χ0v) is 14.9. The molecule has 0 bridgehead atoms. The van der Waals surface area contributed by atoms with E-state index < -0.39 is 5.91 Å². The van der Waals surface area contributed by atoms with E-state index >= 15 is 0 Å². The number of nitrogens with one attached hydrogen (secondary N) is 1. The van der Waals surface area contributed by atoms with Crippen LogP contribution in [0.2, 0.25) is 0 Å². The molecule has 1 N–H and O–H groups in total. The van der Waals surface area contributed by atoms with Crippen LogP contribution in [-0.2, 0) is 11.3 Å². The third-order valence-electron chi connectivity index (χ3n) is 4.29. The van der Waals surface area contributed by atoms with Gasteiger partial charge in [-0.2, -0.15) is 5.26 Å². The van der Waals surface area contributed by atoms with Crippen molar-refractivity contribution in [2.24, 2.45) is 0 Å². The lowest BCUT2D eigenvalue weighted by Gasteiger charge is -2.10. The first-order valence-electron chi connectivity index (χ1n) is 8.32. The molecule has 1 amide bonds. The average Bonchev–Trinajstić information content (AvgIpc) is 3.15. The number of allylic oxidation sites excluding steroid dienone is 1. The first kappa shape index (κ1) is 17.3. The minimum Gasteiger partial charge on any atom is -0.343 e. The summed E-state index contributed by atoms with van der Waals surface area (Å²) in [5, 5.41) is 10.5. The number of nitrogens with zero attached hydrogens (tertiary/aromatic N) is 3. The van der Waals surface area contributed by atoms with Gasteiger partial charge in [-0.05, 0) is 38.1 Å². The second-order valence-electron chi connectivity index (χ2n) is 6.10. The van der Waals surface area contributed by atoms with Crippen molar-refractivity contribution in [2.75, 3.05) is 5.43 Å². The van der Waals surface area contributed by atoms with Gasteiger partial charge in [0.25, 0.3) is 5.91 Å². The second kappa shape index (κ2) is 7.16. The Morgan fingerprint density at radius 2 is 1.92 bits per heavy atom. The highest BCUT2D eigenvalue weighted by atomic mass is 16.2. The highest BCUT2D eigenvalue weighted by Crippen LogP contribution is 2.23. The monoisotopic (exact) mass is 344 g/mol. The van der Waals surface area contributed by atoms with Gasteiger partial charge in [-0.15, -0.1) is 6.58 Å². The van der Waals surface area contributed by atoms with E-state index in [4.69, 9.17) is 0 Å². The summed E-state index contributed by atoms with van der Waals surface area (Å²) in [5.41, 5.74) is 6.49. The van der Waals surface area contributed by atoms with Crippen molar-refractivity contribution in [2.45, 2.75) is 20.4 Å². The summed E-state index contributed by atoms with van der Waals surface area (Å²) in [7, 11) is 0. The quantitative estimate of drug-likeness (QED) is 0.433. The predicted octanol–water partition coefficient (Wildman–Crippen LogP) is 3.92. The van der Waals surface area contributed by atoms with E-state index in [0.717, 1.165) is 27.9 Å².